The summed E-state index contributed by atoms with van der Waals surface area (Å²) in [5.41, 5.74) is 4.83. The summed E-state index contributed by atoms with van der Waals surface area (Å²) in [5, 5.41) is 0. The molecule has 1 aromatic rings. The van der Waals surface area contributed by atoms with Crippen LogP contribution in [0.5, 0.6) is 5.75 Å². The number of anilines is 1. The molecule has 1 heterocycles. The average Bonchev–Trinajstić information content (AvgIpc) is 2.57. The molecule has 1 saturated heterocycles. The van der Waals surface area contributed by atoms with Gasteiger partial charge in [0.05, 0.1) is 12.8 Å². The zero-order valence-electron chi connectivity index (χ0n) is 15.1. The molecule has 23 heavy (non-hydrogen) atoms. The molecule has 3 nitrogen and oxygen atoms in total. The molecule has 1 aliphatic heterocycles. The number of ether oxygens (including phenoxy) is 1. The molecule has 0 aromatic heterocycles. The van der Waals surface area contributed by atoms with E-state index in [0.717, 1.165) is 17.7 Å². The highest BCUT2D eigenvalue weighted by atomic mass is 16.5. The largest absolute Gasteiger partial charge is 0.495 e. The predicted octanol–water partition coefficient (Wildman–Crippen LogP) is 3.45. The van der Waals surface area contributed by atoms with Crippen LogP contribution in [-0.4, -0.2) is 45.7 Å². The van der Waals surface area contributed by atoms with E-state index in [0.29, 0.717) is 5.41 Å². The summed E-state index contributed by atoms with van der Waals surface area (Å²) >= 11 is 0. The molecule has 2 aliphatic carbocycles. The highest BCUT2D eigenvalue weighted by Gasteiger charge is 2.53. The third kappa shape index (κ3) is 2.12. The van der Waals surface area contributed by atoms with Crippen molar-refractivity contribution in [2.24, 2.45) is 5.92 Å². The van der Waals surface area contributed by atoms with Gasteiger partial charge in [-0.1, -0.05) is 12.8 Å². The van der Waals surface area contributed by atoms with Crippen LogP contribution in [0, 0.1) is 5.92 Å². The van der Waals surface area contributed by atoms with Gasteiger partial charge in [-0.2, -0.15) is 0 Å². The summed E-state index contributed by atoms with van der Waals surface area (Å²) in [7, 11) is 8.37. The molecule has 3 atom stereocenters. The van der Waals surface area contributed by atoms with E-state index >= 15 is 0 Å². The van der Waals surface area contributed by atoms with Crippen LogP contribution in [0.2, 0.25) is 0 Å². The summed E-state index contributed by atoms with van der Waals surface area (Å²) in [6, 6.07) is 5.54. The summed E-state index contributed by atoms with van der Waals surface area (Å²) in [6.45, 7) is 1.25. The average molecular weight is 314 g/mol. The van der Waals surface area contributed by atoms with Crippen molar-refractivity contribution >= 4 is 5.69 Å². The normalized spacial score (nSPS) is 32.9. The quantitative estimate of drug-likeness (QED) is 0.831. The second-order valence-corrected chi connectivity index (χ2v) is 8.09. The molecular formula is C20H30N2O. The van der Waals surface area contributed by atoms with Crippen LogP contribution >= 0.6 is 0 Å². The van der Waals surface area contributed by atoms with Crippen molar-refractivity contribution < 1.29 is 4.74 Å². The van der Waals surface area contributed by atoms with Gasteiger partial charge in [-0.15, -0.1) is 0 Å². The second-order valence-electron chi connectivity index (χ2n) is 8.09. The highest BCUT2D eigenvalue weighted by molar-refractivity contribution is 5.63. The molecule has 0 unspecified atom stereocenters. The van der Waals surface area contributed by atoms with Gasteiger partial charge in [0.15, 0.2) is 0 Å². The standard InChI is InChI=1S/C20H30N2O/c1-21(2)18-12-14-11-17-15-7-5-6-8-20(15,9-10-22(17)3)16(14)13-19(18)23-4/h12-13,15,17H,5-11H2,1-4H3/t15-,17+,20+/m1/s1. The van der Waals surface area contributed by atoms with Crippen LogP contribution in [0.4, 0.5) is 5.69 Å². The van der Waals surface area contributed by atoms with Crippen LogP contribution in [0.1, 0.15) is 43.2 Å². The molecule has 0 N–H and O–H groups in total. The fraction of sp³-hybridized carbons (Fsp3) is 0.700. The van der Waals surface area contributed by atoms with Crippen molar-refractivity contribution in [3.63, 3.8) is 0 Å². The Morgan fingerprint density at radius 1 is 1.22 bits per heavy atom. The molecule has 2 bridgehead atoms. The van der Waals surface area contributed by atoms with Gasteiger partial charge in [-0.25, -0.2) is 0 Å². The van der Waals surface area contributed by atoms with Crippen LogP contribution in [0.15, 0.2) is 12.1 Å². The van der Waals surface area contributed by atoms with Crippen LogP contribution in [-0.2, 0) is 11.8 Å². The number of likely N-dealkylation sites (N-methyl/N-ethyl adjacent to an activating group) is 1. The lowest BCUT2D eigenvalue weighted by Gasteiger charge is -2.58. The lowest BCUT2D eigenvalue weighted by Crippen LogP contribution is -2.59. The fourth-order valence-electron chi connectivity index (χ4n) is 5.74. The Hall–Kier alpha value is -1.22. The Morgan fingerprint density at radius 3 is 2.78 bits per heavy atom. The van der Waals surface area contributed by atoms with Gasteiger partial charge in [0.2, 0.25) is 0 Å². The van der Waals surface area contributed by atoms with Crippen molar-refractivity contribution in [3.05, 3.63) is 23.3 Å². The minimum absolute atomic E-state index is 0.418. The third-order valence-electron chi connectivity index (χ3n) is 6.89. The molecule has 2 fully saturated rings. The number of hydrogen-bond donors (Lipinski definition) is 0. The fourth-order valence-corrected chi connectivity index (χ4v) is 5.74. The topological polar surface area (TPSA) is 15.7 Å². The minimum Gasteiger partial charge on any atom is -0.495 e. The van der Waals surface area contributed by atoms with Gasteiger partial charge in [0.1, 0.15) is 5.75 Å². The lowest BCUT2D eigenvalue weighted by atomic mass is 9.52. The summed E-state index contributed by atoms with van der Waals surface area (Å²) < 4.78 is 5.76. The first-order chi connectivity index (χ1) is 11.1. The SMILES string of the molecule is COc1cc2c(cc1N(C)C)C[C@H]1[C@H]3CCCC[C@@]23CCN1C. The smallest absolute Gasteiger partial charge is 0.142 e. The third-order valence-corrected chi connectivity index (χ3v) is 6.89. The Labute approximate surface area is 140 Å². The van der Waals surface area contributed by atoms with Crippen LogP contribution < -0.4 is 9.64 Å². The van der Waals surface area contributed by atoms with E-state index in [1.165, 1.54) is 50.8 Å². The van der Waals surface area contributed by atoms with E-state index in [-0.39, 0.29) is 0 Å². The Balaban J connectivity index is 1.89. The second kappa shape index (κ2) is 5.41. The number of rotatable bonds is 2. The first-order valence-corrected chi connectivity index (χ1v) is 9.16. The van der Waals surface area contributed by atoms with Gasteiger partial charge in [0, 0.05) is 25.6 Å². The highest BCUT2D eigenvalue weighted by Crippen LogP contribution is 2.56. The summed E-state index contributed by atoms with van der Waals surface area (Å²) in [5.74, 6) is 1.89. The maximum atomic E-state index is 5.76. The van der Waals surface area contributed by atoms with Crippen LogP contribution in [0.25, 0.3) is 0 Å². The van der Waals surface area contributed by atoms with E-state index in [1.807, 2.05) is 7.11 Å². The maximum Gasteiger partial charge on any atom is 0.142 e. The molecule has 3 heteroatoms. The van der Waals surface area contributed by atoms with Crippen molar-refractivity contribution in [1.82, 2.24) is 4.90 Å². The van der Waals surface area contributed by atoms with Crippen molar-refractivity contribution in [2.45, 2.75) is 50.0 Å². The van der Waals surface area contributed by atoms with Gasteiger partial charge in [0.25, 0.3) is 0 Å². The number of likely N-dealkylation sites (tertiary alicyclic amines) is 1. The zero-order valence-corrected chi connectivity index (χ0v) is 15.1. The summed E-state index contributed by atoms with van der Waals surface area (Å²) in [6.07, 6.45) is 8.13. The van der Waals surface area contributed by atoms with Crippen molar-refractivity contribution in [1.29, 1.82) is 0 Å². The van der Waals surface area contributed by atoms with E-state index in [4.69, 9.17) is 4.74 Å². The van der Waals surface area contributed by atoms with E-state index in [1.54, 1.807) is 11.1 Å². The number of piperidine rings is 1. The number of hydrogen-bond acceptors (Lipinski definition) is 3. The van der Waals surface area contributed by atoms with Crippen molar-refractivity contribution in [2.75, 3.05) is 39.7 Å². The Morgan fingerprint density at radius 2 is 2.04 bits per heavy atom. The lowest BCUT2D eigenvalue weighted by molar-refractivity contribution is 0.00276. The Bertz CT molecular complexity index is 612. The van der Waals surface area contributed by atoms with Crippen molar-refractivity contribution in [3.8, 4) is 5.75 Å². The maximum absolute atomic E-state index is 5.76. The molecule has 0 amide bonds. The summed E-state index contributed by atoms with van der Waals surface area (Å²) in [4.78, 5) is 4.82. The molecule has 1 saturated carbocycles. The van der Waals surface area contributed by atoms with E-state index < -0.39 is 0 Å². The Kier molecular flexibility index (Phi) is 3.60. The van der Waals surface area contributed by atoms with Gasteiger partial charge >= 0.3 is 0 Å². The number of fused-ring (bicyclic) bond motifs is 1. The van der Waals surface area contributed by atoms with Gasteiger partial charge < -0.3 is 14.5 Å². The molecule has 0 radical (unpaired) electrons. The minimum atomic E-state index is 0.418. The van der Waals surface area contributed by atoms with Gasteiger partial charge in [-0.3, -0.25) is 0 Å². The monoisotopic (exact) mass is 314 g/mol. The molecule has 1 aromatic carbocycles. The van der Waals surface area contributed by atoms with E-state index in [2.05, 4.69) is 43.1 Å². The molecule has 0 spiro atoms. The zero-order chi connectivity index (χ0) is 16.2. The first kappa shape index (κ1) is 15.3. The van der Waals surface area contributed by atoms with E-state index in [9.17, 15) is 0 Å². The number of benzene rings is 1. The molecule has 3 aliphatic rings. The molecular weight excluding hydrogens is 284 g/mol. The van der Waals surface area contributed by atoms with Crippen LogP contribution in [0.3, 0.4) is 0 Å². The molecule has 4 rings (SSSR count). The molecule has 126 valence electrons. The predicted molar refractivity (Wildman–Crippen MR) is 95.7 cm³/mol. The number of nitrogens with zero attached hydrogens (tertiary/aromatic N) is 2. The van der Waals surface area contributed by atoms with Gasteiger partial charge in [-0.05, 0) is 68.5 Å². The number of methoxy groups -OCH3 is 1. The first-order valence-electron chi connectivity index (χ1n) is 9.16.